The third-order valence-corrected chi connectivity index (χ3v) is 8.31. The van der Waals surface area contributed by atoms with Gasteiger partial charge in [0.25, 0.3) is 0 Å². The standard InChI is InChI=1S/C27H38N4O2Si/c1-34(2,3)18-17-33-16-15-31-14-11-25-26(23(21-32)19-28-27(25)31)29-24-9-12-30(13-10-24)20-22-7-5-4-6-8-22/h4-8,11,14,19,21,24H,9-10,12-13,15-18,20H2,1-3H3,(H,28,29). The second-order valence-corrected chi connectivity index (χ2v) is 16.2. The fraction of sp³-hybridized carbons (Fsp3) is 0.481. The number of hydrogen-bond donors (Lipinski definition) is 1. The van der Waals surface area contributed by atoms with Crippen LogP contribution in [0, 0.1) is 0 Å². The van der Waals surface area contributed by atoms with E-state index in [2.05, 4.69) is 82.0 Å². The number of fused-ring (bicyclic) bond motifs is 1. The Morgan fingerprint density at radius 2 is 1.88 bits per heavy atom. The lowest BCUT2D eigenvalue weighted by molar-refractivity contribution is 0.112. The van der Waals surface area contributed by atoms with Crippen LogP contribution in [0.15, 0.2) is 48.8 Å². The van der Waals surface area contributed by atoms with Crippen LogP contribution in [0.25, 0.3) is 11.0 Å². The molecule has 0 radical (unpaired) electrons. The molecular weight excluding hydrogens is 440 g/mol. The first-order valence-corrected chi connectivity index (χ1v) is 16.2. The Labute approximate surface area is 204 Å². The first-order valence-electron chi connectivity index (χ1n) is 12.5. The molecule has 0 aliphatic carbocycles. The van der Waals surface area contributed by atoms with Gasteiger partial charge in [-0.15, -0.1) is 0 Å². The van der Waals surface area contributed by atoms with E-state index in [1.165, 1.54) is 11.6 Å². The molecule has 0 amide bonds. The van der Waals surface area contributed by atoms with Gasteiger partial charge in [-0.3, -0.25) is 9.69 Å². The molecular formula is C27H38N4O2Si. The van der Waals surface area contributed by atoms with Crippen LogP contribution in [0.4, 0.5) is 5.69 Å². The predicted molar refractivity (Wildman–Crippen MR) is 142 cm³/mol. The average Bonchev–Trinajstić information content (AvgIpc) is 3.24. The summed E-state index contributed by atoms with van der Waals surface area (Å²) in [5.41, 5.74) is 3.81. The van der Waals surface area contributed by atoms with E-state index >= 15 is 0 Å². The van der Waals surface area contributed by atoms with Gasteiger partial charge >= 0.3 is 0 Å². The molecule has 1 aliphatic rings. The number of carbonyl (C=O) groups is 1. The monoisotopic (exact) mass is 478 g/mol. The van der Waals surface area contributed by atoms with Crippen molar-refractivity contribution in [1.82, 2.24) is 14.5 Å². The lowest BCUT2D eigenvalue weighted by Gasteiger charge is -2.33. The number of likely N-dealkylation sites (tertiary alicyclic amines) is 1. The third kappa shape index (κ3) is 6.55. The maximum Gasteiger partial charge on any atom is 0.153 e. The van der Waals surface area contributed by atoms with E-state index in [0.29, 0.717) is 18.2 Å². The lowest BCUT2D eigenvalue weighted by atomic mass is 10.0. The number of rotatable bonds is 11. The molecule has 0 spiro atoms. The number of nitrogens with one attached hydrogen (secondary N) is 1. The van der Waals surface area contributed by atoms with Crippen molar-refractivity contribution in [2.45, 2.75) is 57.7 Å². The van der Waals surface area contributed by atoms with Crippen LogP contribution < -0.4 is 5.32 Å². The SMILES string of the molecule is C[Si](C)(C)CCOCCn1ccc2c(NC3CCN(Cc4ccccc4)CC3)c(C=O)cnc21. The molecule has 1 aliphatic heterocycles. The van der Waals surface area contributed by atoms with E-state index in [0.717, 1.165) is 68.6 Å². The summed E-state index contributed by atoms with van der Waals surface area (Å²) in [7, 11) is -1.07. The van der Waals surface area contributed by atoms with Crippen LogP contribution in [0.5, 0.6) is 0 Å². The van der Waals surface area contributed by atoms with Gasteiger partial charge < -0.3 is 14.6 Å². The van der Waals surface area contributed by atoms with E-state index in [9.17, 15) is 4.79 Å². The van der Waals surface area contributed by atoms with Crippen molar-refractivity contribution in [1.29, 1.82) is 0 Å². The van der Waals surface area contributed by atoms with Crippen molar-refractivity contribution in [3.8, 4) is 0 Å². The first kappa shape index (κ1) is 24.6. The predicted octanol–water partition coefficient (Wildman–Crippen LogP) is 5.28. The topological polar surface area (TPSA) is 59.4 Å². The molecule has 2 aromatic heterocycles. The van der Waals surface area contributed by atoms with Crippen molar-refractivity contribution in [3.63, 3.8) is 0 Å². The molecule has 1 N–H and O–H groups in total. The number of hydrogen-bond acceptors (Lipinski definition) is 5. The molecule has 0 saturated carbocycles. The summed E-state index contributed by atoms with van der Waals surface area (Å²) < 4.78 is 8.02. The normalized spacial score (nSPS) is 15.6. The van der Waals surface area contributed by atoms with Gasteiger partial charge in [-0.05, 0) is 30.5 Å². The second-order valence-electron chi connectivity index (χ2n) is 10.6. The van der Waals surface area contributed by atoms with Crippen LogP contribution in [-0.2, 0) is 17.8 Å². The molecule has 3 heterocycles. The van der Waals surface area contributed by atoms with E-state index in [1.54, 1.807) is 6.20 Å². The molecule has 0 bridgehead atoms. The number of anilines is 1. The molecule has 182 valence electrons. The Morgan fingerprint density at radius 1 is 1.12 bits per heavy atom. The Hall–Kier alpha value is -2.48. The summed E-state index contributed by atoms with van der Waals surface area (Å²) in [4.78, 5) is 18.9. The minimum atomic E-state index is -1.07. The van der Waals surface area contributed by atoms with Gasteiger partial charge in [0.15, 0.2) is 6.29 Å². The maximum absolute atomic E-state index is 11.8. The first-order chi connectivity index (χ1) is 16.4. The summed E-state index contributed by atoms with van der Waals surface area (Å²) in [6.07, 6.45) is 6.78. The summed E-state index contributed by atoms with van der Waals surface area (Å²) in [5, 5.41) is 4.71. The summed E-state index contributed by atoms with van der Waals surface area (Å²) >= 11 is 0. The third-order valence-electron chi connectivity index (χ3n) is 6.60. The molecule has 4 rings (SSSR count). The van der Waals surface area contributed by atoms with Crippen molar-refractivity contribution < 1.29 is 9.53 Å². The highest BCUT2D eigenvalue weighted by Crippen LogP contribution is 2.28. The molecule has 1 fully saturated rings. The molecule has 1 aromatic carbocycles. The van der Waals surface area contributed by atoms with Gasteiger partial charge in [0.05, 0.1) is 17.9 Å². The molecule has 1 saturated heterocycles. The number of benzene rings is 1. The number of aldehydes is 1. The number of ether oxygens (including phenoxy) is 1. The highest BCUT2D eigenvalue weighted by Gasteiger charge is 2.22. The van der Waals surface area contributed by atoms with E-state index in [4.69, 9.17) is 4.74 Å². The molecule has 7 heteroatoms. The zero-order valence-electron chi connectivity index (χ0n) is 20.8. The van der Waals surface area contributed by atoms with E-state index in [1.807, 2.05) is 0 Å². The van der Waals surface area contributed by atoms with Gasteiger partial charge in [0, 0.05) is 64.7 Å². The second kappa shape index (κ2) is 11.3. The van der Waals surface area contributed by atoms with E-state index < -0.39 is 8.07 Å². The van der Waals surface area contributed by atoms with Crippen LogP contribution >= 0.6 is 0 Å². The number of piperidine rings is 1. The summed E-state index contributed by atoms with van der Waals surface area (Å²) in [5.74, 6) is 0. The highest BCUT2D eigenvalue weighted by molar-refractivity contribution is 6.76. The van der Waals surface area contributed by atoms with Crippen molar-refractivity contribution >= 4 is 31.1 Å². The van der Waals surface area contributed by atoms with Gasteiger partial charge in [-0.1, -0.05) is 50.0 Å². The van der Waals surface area contributed by atoms with Crippen LogP contribution in [-0.4, -0.2) is 61.2 Å². The fourth-order valence-electron chi connectivity index (χ4n) is 4.51. The zero-order chi connectivity index (χ0) is 24.0. The van der Waals surface area contributed by atoms with Gasteiger partial charge in [0.1, 0.15) is 5.65 Å². The zero-order valence-corrected chi connectivity index (χ0v) is 21.8. The number of aromatic nitrogens is 2. The van der Waals surface area contributed by atoms with E-state index in [-0.39, 0.29) is 0 Å². The number of carbonyl (C=O) groups excluding carboxylic acids is 1. The minimum Gasteiger partial charge on any atom is -0.381 e. The molecule has 0 atom stereocenters. The fourth-order valence-corrected chi connectivity index (χ4v) is 5.27. The molecule has 0 unspecified atom stereocenters. The highest BCUT2D eigenvalue weighted by atomic mass is 28.3. The summed E-state index contributed by atoms with van der Waals surface area (Å²) in [6.45, 7) is 12.5. The maximum atomic E-state index is 11.8. The van der Waals surface area contributed by atoms with Crippen molar-refractivity contribution in [2.24, 2.45) is 0 Å². The van der Waals surface area contributed by atoms with Crippen LogP contribution in [0.2, 0.25) is 25.7 Å². The molecule has 3 aromatic rings. The number of pyridine rings is 1. The molecule has 6 nitrogen and oxygen atoms in total. The Balaban J connectivity index is 1.37. The Kier molecular flexibility index (Phi) is 8.18. The number of nitrogens with zero attached hydrogens (tertiary/aromatic N) is 3. The van der Waals surface area contributed by atoms with Gasteiger partial charge in [-0.25, -0.2) is 4.98 Å². The van der Waals surface area contributed by atoms with Crippen LogP contribution in [0.3, 0.4) is 0 Å². The van der Waals surface area contributed by atoms with Crippen molar-refractivity contribution in [2.75, 3.05) is 31.6 Å². The van der Waals surface area contributed by atoms with Crippen molar-refractivity contribution in [3.05, 3.63) is 59.9 Å². The van der Waals surface area contributed by atoms with Gasteiger partial charge in [0.2, 0.25) is 0 Å². The molecule has 34 heavy (non-hydrogen) atoms. The largest absolute Gasteiger partial charge is 0.381 e. The van der Waals surface area contributed by atoms with Gasteiger partial charge in [-0.2, -0.15) is 0 Å². The van der Waals surface area contributed by atoms with Crippen LogP contribution in [0.1, 0.15) is 28.8 Å². The summed E-state index contributed by atoms with van der Waals surface area (Å²) in [6, 6.07) is 14.3. The Bertz CT molecular complexity index is 1070. The lowest BCUT2D eigenvalue weighted by Crippen LogP contribution is -2.38. The smallest absolute Gasteiger partial charge is 0.153 e. The average molecular weight is 479 g/mol. The minimum absolute atomic E-state index is 0.351. The Morgan fingerprint density at radius 3 is 2.59 bits per heavy atom. The quantitative estimate of drug-likeness (QED) is 0.231.